The topological polar surface area (TPSA) is 61.2 Å². The van der Waals surface area contributed by atoms with Gasteiger partial charge in [0.15, 0.2) is 12.1 Å². The van der Waals surface area contributed by atoms with Crippen molar-refractivity contribution in [2.24, 2.45) is 9.98 Å². The van der Waals surface area contributed by atoms with Crippen molar-refractivity contribution in [2.45, 2.75) is 6.29 Å². The van der Waals surface area contributed by atoms with Crippen molar-refractivity contribution >= 4 is 17.2 Å². The fourth-order valence-electron chi connectivity index (χ4n) is 3.65. The predicted molar refractivity (Wildman–Crippen MR) is 120 cm³/mol. The van der Waals surface area contributed by atoms with E-state index in [9.17, 15) is 0 Å². The van der Waals surface area contributed by atoms with Crippen LogP contribution in [0.2, 0.25) is 0 Å². The first-order valence-electron chi connectivity index (χ1n) is 9.76. The van der Waals surface area contributed by atoms with E-state index in [-0.39, 0.29) is 6.29 Å². The number of fused-ring (bicyclic) bond motifs is 1. The van der Waals surface area contributed by atoms with Crippen LogP contribution in [0, 0.1) is 0 Å². The van der Waals surface area contributed by atoms with Gasteiger partial charge >= 0.3 is 0 Å². The number of amidine groups is 1. The number of ether oxygens (including phenoxy) is 1. The Morgan fingerprint density at radius 2 is 1.63 bits per heavy atom. The largest absolute Gasteiger partial charge is 0.495 e. The van der Waals surface area contributed by atoms with Crippen LogP contribution in [0.1, 0.15) is 5.56 Å². The number of hydrogen-bond acceptors (Lipinski definition) is 6. The quantitative estimate of drug-likeness (QED) is 0.678. The standard InChI is InChI=1S/C24H21N5O/c1-30-21-14-8-7-13-20(21)26-24-27-23-22(25-15-16-29(23)28-24)19-12-6-5-11-18(19)17-9-3-2-4-10-17/h2-16,24,26,28H,1H3. The van der Waals surface area contributed by atoms with Crippen LogP contribution in [0.15, 0.2) is 101 Å². The van der Waals surface area contributed by atoms with Gasteiger partial charge in [0, 0.05) is 18.0 Å². The van der Waals surface area contributed by atoms with E-state index in [1.54, 1.807) is 13.3 Å². The van der Waals surface area contributed by atoms with E-state index in [2.05, 4.69) is 40.0 Å². The summed E-state index contributed by atoms with van der Waals surface area (Å²) in [6.45, 7) is 0. The summed E-state index contributed by atoms with van der Waals surface area (Å²) in [5.74, 6) is 1.54. The monoisotopic (exact) mass is 395 g/mol. The second-order valence-electron chi connectivity index (χ2n) is 6.89. The Morgan fingerprint density at radius 3 is 2.47 bits per heavy atom. The minimum Gasteiger partial charge on any atom is -0.495 e. The molecule has 2 aliphatic heterocycles. The summed E-state index contributed by atoms with van der Waals surface area (Å²) in [6.07, 6.45) is 3.32. The number of hydrogen-bond donors (Lipinski definition) is 2. The zero-order valence-corrected chi connectivity index (χ0v) is 16.5. The second kappa shape index (κ2) is 7.85. The lowest BCUT2D eigenvalue weighted by Crippen LogP contribution is -2.43. The van der Waals surface area contributed by atoms with Gasteiger partial charge in [-0.3, -0.25) is 10.0 Å². The molecule has 3 aromatic rings. The van der Waals surface area contributed by atoms with Crippen molar-refractivity contribution in [1.29, 1.82) is 0 Å². The molecule has 1 unspecified atom stereocenters. The normalized spacial score (nSPS) is 17.2. The molecule has 30 heavy (non-hydrogen) atoms. The first kappa shape index (κ1) is 18.1. The Morgan fingerprint density at radius 1 is 0.900 bits per heavy atom. The Hall–Kier alpha value is -3.90. The summed E-state index contributed by atoms with van der Waals surface area (Å²) in [5, 5.41) is 5.28. The highest BCUT2D eigenvalue weighted by Gasteiger charge is 2.30. The highest BCUT2D eigenvalue weighted by atomic mass is 16.5. The minimum atomic E-state index is -0.340. The number of nitrogens with one attached hydrogen (secondary N) is 2. The maximum atomic E-state index is 5.44. The molecular weight excluding hydrogens is 374 g/mol. The maximum Gasteiger partial charge on any atom is 0.193 e. The van der Waals surface area contributed by atoms with Crippen molar-refractivity contribution in [3.05, 3.63) is 96.8 Å². The summed E-state index contributed by atoms with van der Waals surface area (Å²) in [5.41, 5.74) is 8.35. The molecule has 0 aromatic heterocycles. The van der Waals surface area contributed by atoms with Crippen molar-refractivity contribution in [1.82, 2.24) is 10.4 Å². The van der Waals surface area contributed by atoms with Crippen LogP contribution in [-0.2, 0) is 0 Å². The minimum absolute atomic E-state index is 0.340. The molecule has 0 saturated heterocycles. The number of aliphatic imine (C=N–C) groups is 2. The Balaban J connectivity index is 1.49. The number of anilines is 1. The summed E-state index contributed by atoms with van der Waals surface area (Å²) < 4.78 is 5.44. The summed E-state index contributed by atoms with van der Waals surface area (Å²) in [6, 6.07) is 26.4. The zero-order chi connectivity index (χ0) is 20.3. The molecule has 0 fully saturated rings. The number of benzene rings is 3. The van der Waals surface area contributed by atoms with Gasteiger partial charge in [0.2, 0.25) is 0 Å². The number of nitrogens with zero attached hydrogens (tertiary/aromatic N) is 3. The SMILES string of the molecule is COc1ccccc1NC1N=C2C(c3ccccc3-c3ccccc3)=NC=CN2N1. The van der Waals surface area contributed by atoms with Crippen molar-refractivity contribution in [3.63, 3.8) is 0 Å². The molecule has 6 heteroatoms. The van der Waals surface area contributed by atoms with Gasteiger partial charge in [0.05, 0.1) is 12.8 Å². The van der Waals surface area contributed by atoms with E-state index < -0.39 is 0 Å². The van der Waals surface area contributed by atoms with Crippen LogP contribution in [0.3, 0.4) is 0 Å². The molecule has 0 saturated carbocycles. The molecule has 5 rings (SSSR count). The fourth-order valence-corrected chi connectivity index (χ4v) is 3.65. The van der Waals surface area contributed by atoms with Crippen molar-refractivity contribution < 1.29 is 4.74 Å². The lowest BCUT2D eigenvalue weighted by atomic mass is 9.96. The Bertz CT molecular complexity index is 1150. The molecule has 0 spiro atoms. The van der Waals surface area contributed by atoms with E-state index in [0.29, 0.717) is 0 Å². The lowest BCUT2D eigenvalue weighted by molar-refractivity contribution is 0.395. The van der Waals surface area contributed by atoms with Crippen LogP contribution < -0.4 is 15.5 Å². The molecule has 0 radical (unpaired) electrons. The third-order valence-corrected chi connectivity index (χ3v) is 5.04. The molecular formula is C24H21N5O. The number of hydrazine groups is 1. The average molecular weight is 395 g/mol. The highest BCUT2D eigenvalue weighted by molar-refractivity contribution is 6.49. The van der Waals surface area contributed by atoms with Gasteiger partial charge < -0.3 is 10.1 Å². The predicted octanol–water partition coefficient (Wildman–Crippen LogP) is 4.25. The molecule has 3 aromatic carbocycles. The van der Waals surface area contributed by atoms with Crippen LogP contribution in [-0.4, -0.2) is 30.0 Å². The van der Waals surface area contributed by atoms with Crippen LogP contribution in [0.25, 0.3) is 11.1 Å². The van der Waals surface area contributed by atoms with E-state index in [1.165, 1.54) is 0 Å². The van der Waals surface area contributed by atoms with E-state index in [1.807, 2.05) is 65.8 Å². The second-order valence-corrected chi connectivity index (χ2v) is 6.89. The van der Waals surface area contributed by atoms with Crippen molar-refractivity contribution in [2.75, 3.05) is 12.4 Å². The number of rotatable bonds is 5. The maximum absolute atomic E-state index is 5.44. The molecule has 6 nitrogen and oxygen atoms in total. The Labute approximate surface area is 175 Å². The van der Waals surface area contributed by atoms with Crippen LogP contribution in [0.4, 0.5) is 5.69 Å². The van der Waals surface area contributed by atoms with E-state index >= 15 is 0 Å². The smallest absolute Gasteiger partial charge is 0.193 e. The summed E-state index contributed by atoms with van der Waals surface area (Å²) in [4.78, 5) is 9.53. The van der Waals surface area contributed by atoms with Gasteiger partial charge in [-0.1, -0.05) is 66.7 Å². The van der Waals surface area contributed by atoms with E-state index in [0.717, 1.165) is 39.7 Å². The lowest BCUT2D eigenvalue weighted by Gasteiger charge is -2.22. The molecule has 0 bridgehead atoms. The number of methoxy groups -OCH3 is 1. The van der Waals surface area contributed by atoms with Crippen LogP contribution >= 0.6 is 0 Å². The summed E-state index contributed by atoms with van der Waals surface area (Å²) in [7, 11) is 1.66. The molecule has 0 aliphatic carbocycles. The fraction of sp³-hybridized carbons (Fsp3) is 0.0833. The Kier molecular flexibility index (Phi) is 4.75. The third kappa shape index (κ3) is 3.33. The zero-order valence-electron chi connectivity index (χ0n) is 16.5. The molecule has 2 aliphatic rings. The van der Waals surface area contributed by atoms with Gasteiger partial charge in [0.25, 0.3) is 0 Å². The first-order valence-corrected chi connectivity index (χ1v) is 9.76. The average Bonchev–Trinajstić information content (AvgIpc) is 3.22. The van der Waals surface area contributed by atoms with Gasteiger partial charge in [-0.05, 0) is 23.3 Å². The molecule has 1 atom stereocenters. The molecule has 2 heterocycles. The van der Waals surface area contributed by atoms with Crippen LogP contribution in [0.5, 0.6) is 5.75 Å². The van der Waals surface area contributed by atoms with Gasteiger partial charge in [-0.15, -0.1) is 0 Å². The third-order valence-electron chi connectivity index (χ3n) is 5.04. The highest BCUT2D eigenvalue weighted by Crippen LogP contribution is 2.28. The van der Waals surface area contributed by atoms with Gasteiger partial charge in [0.1, 0.15) is 11.5 Å². The van der Waals surface area contributed by atoms with Gasteiger partial charge in [-0.2, -0.15) is 5.43 Å². The first-order chi connectivity index (χ1) is 14.8. The molecule has 2 N–H and O–H groups in total. The van der Waals surface area contributed by atoms with E-state index in [4.69, 9.17) is 9.73 Å². The number of para-hydroxylation sites is 2. The molecule has 0 amide bonds. The van der Waals surface area contributed by atoms with Gasteiger partial charge in [-0.25, -0.2) is 4.99 Å². The summed E-state index contributed by atoms with van der Waals surface area (Å²) >= 11 is 0. The molecule has 148 valence electrons. The van der Waals surface area contributed by atoms with Crippen molar-refractivity contribution in [3.8, 4) is 16.9 Å².